The SMILES string of the molecule is COC(=O)c1cc(C(=O)O[C@@H](C)C(=O)N2c3ccccc3C[C@@H]2C)cc([N+](=O)[O-])c1. The number of ether oxygens (including phenoxy) is 2. The molecule has 0 saturated carbocycles. The fourth-order valence-electron chi connectivity index (χ4n) is 3.45. The lowest BCUT2D eigenvalue weighted by atomic mass is 10.1. The summed E-state index contributed by atoms with van der Waals surface area (Å²) in [6.07, 6.45) is -0.442. The molecular weight excluding hydrogens is 392 g/mol. The Labute approximate surface area is 172 Å². The third kappa shape index (κ3) is 4.00. The summed E-state index contributed by atoms with van der Waals surface area (Å²) in [5.74, 6) is -2.19. The third-order valence-electron chi connectivity index (χ3n) is 4.86. The highest BCUT2D eigenvalue weighted by Gasteiger charge is 2.34. The molecule has 2 atom stereocenters. The van der Waals surface area contributed by atoms with Crippen LogP contribution in [-0.4, -0.2) is 42.0 Å². The van der Waals surface area contributed by atoms with Gasteiger partial charge in [-0.3, -0.25) is 14.9 Å². The maximum atomic E-state index is 12.9. The number of nitro benzene ring substituents is 1. The van der Waals surface area contributed by atoms with E-state index in [0.717, 1.165) is 36.6 Å². The van der Waals surface area contributed by atoms with Crippen molar-refractivity contribution in [1.29, 1.82) is 0 Å². The fourth-order valence-corrected chi connectivity index (χ4v) is 3.45. The number of nitro groups is 1. The first-order chi connectivity index (χ1) is 14.2. The molecule has 0 fully saturated rings. The minimum atomic E-state index is -1.13. The van der Waals surface area contributed by atoms with Crippen LogP contribution >= 0.6 is 0 Å². The van der Waals surface area contributed by atoms with E-state index in [1.807, 2.05) is 31.2 Å². The number of nitrogens with zero attached hydrogens (tertiary/aromatic N) is 2. The Morgan fingerprint density at radius 1 is 1.13 bits per heavy atom. The first-order valence-corrected chi connectivity index (χ1v) is 9.22. The Hall–Kier alpha value is -3.75. The van der Waals surface area contributed by atoms with Crippen LogP contribution in [0.4, 0.5) is 11.4 Å². The Kier molecular flexibility index (Phi) is 5.81. The second-order valence-corrected chi connectivity index (χ2v) is 6.95. The molecule has 3 rings (SSSR count). The van der Waals surface area contributed by atoms with E-state index in [9.17, 15) is 24.5 Å². The molecule has 1 amide bonds. The van der Waals surface area contributed by atoms with E-state index in [4.69, 9.17) is 4.74 Å². The standard InChI is InChI=1S/C21H20N2O7/c1-12-8-14-6-4-5-7-18(14)22(12)19(24)13(2)30-21(26)16-9-15(20(25)29-3)10-17(11-16)23(27)28/h4-7,9-13H,8H2,1-3H3/t12-,13-/m0/s1. The zero-order chi connectivity index (χ0) is 22.0. The normalized spacial score (nSPS) is 15.8. The summed E-state index contributed by atoms with van der Waals surface area (Å²) in [4.78, 5) is 49.3. The van der Waals surface area contributed by atoms with Crippen LogP contribution in [0.25, 0.3) is 0 Å². The van der Waals surface area contributed by atoms with E-state index in [1.54, 1.807) is 4.90 Å². The van der Waals surface area contributed by atoms with Crippen molar-refractivity contribution in [3.63, 3.8) is 0 Å². The van der Waals surface area contributed by atoms with Gasteiger partial charge in [0.1, 0.15) is 0 Å². The predicted molar refractivity (Wildman–Crippen MR) is 106 cm³/mol. The van der Waals surface area contributed by atoms with Gasteiger partial charge in [0, 0.05) is 23.9 Å². The molecule has 0 unspecified atom stereocenters. The second-order valence-electron chi connectivity index (χ2n) is 6.95. The third-order valence-corrected chi connectivity index (χ3v) is 4.86. The van der Waals surface area contributed by atoms with Crippen LogP contribution in [0.5, 0.6) is 0 Å². The zero-order valence-corrected chi connectivity index (χ0v) is 16.7. The van der Waals surface area contributed by atoms with Gasteiger partial charge in [0.05, 0.1) is 23.2 Å². The van der Waals surface area contributed by atoms with Crippen molar-refractivity contribution < 1.29 is 28.8 Å². The molecule has 1 heterocycles. The molecule has 0 N–H and O–H groups in total. The number of esters is 2. The highest BCUT2D eigenvalue weighted by Crippen LogP contribution is 2.32. The van der Waals surface area contributed by atoms with Gasteiger partial charge in [0.25, 0.3) is 11.6 Å². The Bertz CT molecular complexity index is 1030. The van der Waals surface area contributed by atoms with E-state index < -0.39 is 34.6 Å². The first kappa shape index (κ1) is 21.0. The zero-order valence-electron chi connectivity index (χ0n) is 16.7. The summed E-state index contributed by atoms with van der Waals surface area (Å²) in [5, 5.41) is 11.1. The molecule has 1 aliphatic rings. The van der Waals surface area contributed by atoms with Gasteiger partial charge in [0.2, 0.25) is 0 Å². The van der Waals surface area contributed by atoms with Crippen molar-refractivity contribution in [2.75, 3.05) is 12.0 Å². The number of anilines is 1. The Morgan fingerprint density at radius 3 is 2.40 bits per heavy atom. The summed E-state index contributed by atoms with van der Waals surface area (Å²) >= 11 is 0. The quantitative estimate of drug-likeness (QED) is 0.421. The van der Waals surface area contributed by atoms with E-state index in [1.165, 1.54) is 6.92 Å². The number of hydrogen-bond donors (Lipinski definition) is 0. The molecule has 1 aliphatic heterocycles. The monoisotopic (exact) mass is 412 g/mol. The number of fused-ring (bicyclic) bond motifs is 1. The maximum Gasteiger partial charge on any atom is 0.339 e. The number of hydrogen-bond acceptors (Lipinski definition) is 7. The number of rotatable bonds is 5. The van der Waals surface area contributed by atoms with Gasteiger partial charge in [-0.05, 0) is 38.0 Å². The van der Waals surface area contributed by atoms with Gasteiger partial charge in [0.15, 0.2) is 6.10 Å². The maximum absolute atomic E-state index is 12.9. The fraction of sp³-hybridized carbons (Fsp3) is 0.286. The highest BCUT2D eigenvalue weighted by molar-refractivity contribution is 6.01. The molecule has 9 nitrogen and oxygen atoms in total. The van der Waals surface area contributed by atoms with Crippen LogP contribution in [0.1, 0.15) is 40.1 Å². The van der Waals surface area contributed by atoms with Crippen molar-refractivity contribution in [3.8, 4) is 0 Å². The topological polar surface area (TPSA) is 116 Å². The lowest BCUT2D eigenvalue weighted by molar-refractivity contribution is -0.384. The van der Waals surface area contributed by atoms with Crippen LogP contribution in [-0.2, 0) is 20.7 Å². The molecule has 0 bridgehead atoms. The minimum absolute atomic E-state index is 0.0974. The molecule has 2 aromatic carbocycles. The van der Waals surface area contributed by atoms with E-state index in [2.05, 4.69) is 4.74 Å². The molecular formula is C21H20N2O7. The molecule has 0 radical (unpaired) electrons. The van der Waals surface area contributed by atoms with Gasteiger partial charge >= 0.3 is 11.9 Å². The summed E-state index contributed by atoms with van der Waals surface area (Å²) in [6, 6.07) is 10.5. The van der Waals surface area contributed by atoms with Crippen molar-refractivity contribution in [2.45, 2.75) is 32.4 Å². The summed E-state index contributed by atoms with van der Waals surface area (Å²) in [7, 11) is 1.12. The highest BCUT2D eigenvalue weighted by atomic mass is 16.6. The Morgan fingerprint density at radius 2 is 1.77 bits per heavy atom. The van der Waals surface area contributed by atoms with Gasteiger partial charge < -0.3 is 14.4 Å². The van der Waals surface area contributed by atoms with Crippen LogP contribution in [0, 0.1) is 10.1 Å². The van der Waals surface area contributed by atoms with Crippen molar-refractivity contribution in [3.05, 3.63) is 69.3 Å². The molecule has 156 valence electrons. The molecule has 0 saturated heterocycles. The molecule has 0 spiro atoms. The molecule has 2 aromatic rings. The molecule has 0 aromatic heterocycles. The number of para-hydroxylation sites is 1. The largest absolute Gasteiger partial charge is 0.465 e. The Balaban J connectivity index is 1.82. The summed E-state index contributed by atoms with van der Waals surface area (Å²) in [6.45, 7) is 3.34. The number of carbonyl (C=O) groups is 3. The van der Waals surface area contributed by atoms with Crippen LogP contribution in [0.15, 0.2) is 42.5 Å². The van der Waals surface area contributed by atoms with Gasteiger partial charge in [-0.2, -0.15) is 0 Å². The predicted octanol–water partition coefficient (Wildman–Crippen LogP) is 2.90. The summed E-state index contributed by atoms with van der Waals surface area (Å²) < 4.78 is 9.84. The van der Waals surface area contributed by atoms with Crippen LogP contribution < -0.4 is 4.90 Å². The number of non-ortho nitro benzene ring substituents is 1. The number of methoxy groups -OCH3 is 1. The summed E-state index contributed by atoms with van der Waals surface area (Å²) in [5.41, 5.74) is 0.935. The van der Waals surface area contributed by atoms with E-state index >= 15 is 0 Å². The van der Waals surface area contributed by atoms with Gasteiger partial charge in [-0.25, -0.2) is 9.59 Å². The second kappa shape index (κ2) is 8.32. The van der Waals surface area contributed by atoms with Crippen LogP contribution in [0.2, 0.25) is 0 Å². The van der Waals surface area contributed by atoms with Crippen molar-refractivity contribution >= 4 is 29.2 Å². The lowest BCUT2D eigenvalue weighted by Crippen LogP contribution is -2.43. The average Bonchev–Trinajstić information content (AvgIpc) is 3.07. The van der Waals surface area contributed by atoms with Crippen molar-refractivity contribution in [1.82, 2.24) is 0 Å². The van der Waals surface area contributed by atoms with Crippen molar-refractivity contribution in [2.24, 2.45) is 0 Å². The van der Waals surface area contributed by atoms with Gasteiger partial charge in [-0.1, -0.05) is 18.2 Å². The number of amides is 1. The first-order valence-electron chi connectivity index (χ1n) is 9.22. The molecule has 0 aliphatic carbocycles. The number of carbonyl (C=O) groups excluding carboxylic acids is 3. The van der Waals surface area contributed by atoms with E-state index in [0.29, 0.717) is 6.42 Å². The van der Waals surface area contributed by atoms with Gasteiger partial charge in [-0.15, -0.1) is 0 Å². The minimum Gasteiger partial charge on any atom is -0.465 e. The average molecular weight is 412 g/mol. The van der Waals surface area contributed by atoms with E-state index in [-0.39, 0.29) is 17.2 Å². The smallest absolute Gasteiger partial charge is 0.339 e. The number of benzene rings is 2. The lowest BCUT2D eigenvalue weighted by Gasteiger charge is -2.26. The van der Waals surface area contributed by atoms with Crippen LogP contribution in [0.3, 0.4) is 0 Å². The molecule has 9 heteroatoms. The molecule has 30 heavy (non-hydrogen) atoms.